The van der Waals surface area contributed by atoms with Gasteiger partial charge in [0.25, 0.3) is 11.1 Å². The molecule has 1 aliphatic heterocycles. The minimum absolute atomic E-state index is 0.200. The fourth-order valence-corrected chi connectivity index (χ4v) is 3.20. The lowest BCUT2D eigenvalue weighted by atomic mass is 10.2. The fraction of sp³-hybridized carbons (Fsp3) is 0.333. The highest BCUT2D eigenvalue weighted by Gasteiger charge is 2.34. The van der Waals surface area contributed by atoms with Crippen LogP contribution in [-0.2, 0) is 4.79 Å². The maximum atomic E-state index is 12.3. The second-order valence-corrected chi connectivity index (χ2v) is 6.48. The van der Waals surface area contributed by atoms with Crippen LogP contribution in [0.5, 0.6) is 5.75 Å². The number of unbranched alkanes of at least 4 members (excludes halogenated alkanes) is 1. The zero-order valence-electron chi connectivity index (χ0n) is 11.9. The van der Waals surface area contributed by atoms with Crippen molar-refractivity contribution in [2.45, 2.75) is 19.8 Å². The van der Waals surface area contributed by atoms with E-state index < -0.39 is 0 Å². The fourth-order valence-electron chi connectivity index (χ4n) is 1.97. The third kappa shape index (κ3) is 3.68. The highest BCUT2D eigenvalue weighted by Crippen LogP contribution is 2.34. The molecule has 0 saturated carbocycles. The van der Waals surface area contributed by atoms with Crippen LogP contribution in [0.15, 0.2) is 27.6 Å². The summed E-state index contributed by atoms with van der Waals surface area (Å²) in [4.78, 5) is 25.9. The first kappa shape index (κ1) is 16.1. The van der Waals surface area contributed by atoms with Crippen molar-refractivity contribution in [1.82, 2.24) is 4.90 Å². The lowest BCUT2D eigenvalue weighted by Crippen LogP contribution is -2.29. The van der Waals surface area contributed by atoms with E-state index in [1.54, 1.807) is 13.2 Å². The normalized spacial score (nSPS) is 16.9. The summed E-state index contributed by atoms with van der Waals surface area (Å²) in [6, 6.07) is 5.54. The molecular weight excluding hydrogens is 354 g/mol. The monoisotopic (exact) mass is 369 g/mol. The molecule has 2 rings (SSSR count). The van der Waals surface area contributed by atoms with E-state index >= 15 is 0 Å². The molecule has 112 valence electrons. The van der Waals surface area contributed by atoms with Crippen LogP contribution in [0, 0.1) is 0 Å². The summed E-state index contributed by atoms with van der Waals surface area (Å²) in [5.41, 5.74) is 0.771. The summed E-state index contributed by atoms with van der Waals surface area (Å²) in [7, 11) is 1.58. The number of halogens is 1. The van der Waals surface area contributed by atoms with Crippen molar-refractivity contribution in [1.29, 1.82) is 0 Å². The SMILES string of the molecule is CCCCN1C(=O)S/C(=C\c2cc(Br)ccc2OC)C1=O. The molecule has 21 heavy (non-hydrogen) atoms. The van der Waals surface area contributed by atoms with Crippen LogP contribution in [0.4, 0.5) is 4.79 Å². The number of rotatable bonds is 5. The highest BCUT2D eigenvalue weighted by atomic mass is 79.9. The second-order valence-electron chi connectivity index (χ2n) is 4.57. The molecule has 0 bridgehead atoms. The first-order valence-corrected chi connectivity index (χ1v) is 8.26. The summed E-state index contributed by atoms with van der Waals surface area (Å²) < 4.78 is 6.17. The molecule has 1 saturated heterocycles. The van der Waals surface area contributed by atoms with Crippen molar-refractivity contribution in [3.8, 4) is 5.75 Å². The predicted octanol–water partition coefficient (Wildman–Crippen LogP) is 4.29. The van der Waals surface area contributed by atoms with Crippen LogP contribution in [0.25, 0.3) is 6.08 Å². The van der Waals surface area contributed by atoms with Crippen molar-refractivity contribution in [3.05, 3.63) is 33.1 Å². The number of ether oxygens (including phenoxy) is 1. The number of nitrogens with zero attached hydrogens (tertiary/aromatic N) is 1. The topological polar surface area (TPSA) is 46.6 Å². The maximum absolute atomic E-state index is 12.3. The Morgan fingerprint density at radius 2 is 2.14 bits per heavy atom. The molecule has 1 aromatic carbocycles. The van der Waals surface area contributed by atoms with E-state index in [1.165, 1.54) is 4.90 Å². The Morgan fingerprint density at radius 3 is 2.81 bits per heavy atom. The van der Waals surface area contributed by atoms with Gasteiger partial charge in [-0.15, -0.1) is 0 Å². The van der Waals surface area contributed by atoms with Gasteiger partial charge in [0.15, 0.2) is 0 Å². The molecule has 0 N–H and O–H groups in total. The summed E-state index contributed by atoms with van der Waals surface area (Å²) in [5.74, 6) is 0.444. The molecule has 0 radical (unpaired) electrons. The molecule has 1 aliphatic rings. The number of benzene rings is 1. The zero-order valence-corrected chi connectivity index (χ0v) is 14.3. The molecule has 0 unspecified atom stereocenters. The van der Waals surface area contributed by atoms with Crippen molar-refractivity contribution in [3.63, 3.8) is 0 Å². The Labute approximate surface area is 136 Å². The molecule has 0 aliphatic carbocycles. The number of amides is 2. The van der Waals surface area contributed by atoms with E-state index in [4.69, 9.17) is 4.74 Å². The van der Waals surface area contributed by atoms with Crippen LogP contribution < -0.4 is 4.74 Å². The van der Waals surface area contributed by atoms with Crippen molar-refractivity contribution in [2.24, 2.45) is 0 Å². The third-order valence-corrected chi connectivity index (χ3v) is 4.49. The van der Waals surface area contributed by atoms with E-state index in [2.05, 4.69) is 15.9 Å². The molecule has 4 nitrogen and oxygen atoms in total. The van der Waals surface area contributed by atoms with Gasteiger partial charge in [-0.25, -0.2) is 0 Å². The number of methoxy groups -OCH3 is 1. The quantitative estimate of drug-likeness (QED) is 0.726. The van der Waals surface area contributed by atoms with Gasteiger partial charge in [-0.05, 0) is 42.5 Å². The van der Waals surface area contributed by atoms with E-state index in [1.807, 2.05) is 25.1 Å². The van der Waals surface area contributed by atoms with Crippen LogP contribution in [-0.4, -0.2) is 29.7 Å². The molecule has 6 heteroatoms. The number of thioether (sulfide) groups is 1. The first-order valence-electron chi connectivity index (χ1n) is 6.65. The zero-order chi connectivity index (χ0) is 15.4. The Bertz CT molecular complexity index is 601. The molecular formula is C15H16BrNO3S. The average molecular weight is 370 g/mol. The van der Waals surface area contributed by atoms with Crippen molar-refractivity contribution < 1.29 is 14.3 Å². The summed E-state index contributed by atoms with van der Waals surface area (Å²) in [6.07, 6.45) is 3.48. The van der Waals surface area contributed by atoms with Gasteiger partial charge >= 0.3 is 0 Å². The van der Waals surface area contributed by atoms with E-state index in [9.17, 15) is 9.59 Å². The number of carbonyl (C=O) groups is 2. The Hall–Kier alpha value is -1.27. The molecule has 1 fully saturated rings. The molecule has 1 aromatic rings. The predicted molar refractivity (Wildman–Crippen MR) is 88.3 cm³/mol. The van der Waals surface area contributed by atoms with Crippen molar-refractivity contribution >= 4 is 44.9 Å². The third-order valence-electron chi connectivity index (χ3n) is 3.09. The van der Waals surface area contributed by atoms with Gasteiger partial charge in [0, 0.05) is 16.6 Å². The Morgan fingerprint density at radius 1 is 1.38 bits per heavy atom. The van der Waals surface area contributed by atoms with Crippen LogP contribution >= 0.6 is 27.7 Å². The van der Waals surface area contributed by atoms with E-state index in [-0.39, 0.29) is 11.1 Å². The Kier molecular flexibility index (Phi) is 5.47. The smallest absolute Gasteiger partial charge is 0.293 e. The molecule has 0 aromatic heterocycles. The standard InChI is InChI=1S/C15H16BrNO3S/c1-3-4-7-17-14(18)13(21-15(17)19)9-10-8-11(16)5-6-12(10)20-2/h5-6,8-9H,3-4,7H2,1-2H3/b13-9-. The highest BCUT2D eigenvalue weighted by molar-refractivity contribution is 9.10. The van der Waals surface area contributed by atoms with Gasteiger partial charge < -0.3 is 4.74 Å². The van der Waals surface area contributed by atoms with Gasteiger partial charge in [-0.3, -0.25) is 14.5 Å². The van der Waals surface area contributed by atoms with Gasteiger partial charge in [-0.1, -0.05) is 29.3 Å². The number of imide groups is 1. The Balaban J connectivity index is 2.28. The van der Waals surface area contributed by atoms with Gasteiger partial charge in [0.1, 0.15) is 5.75 Å². The van der Waals surface area contributed by atoms with Crippen LogP contribution in [0.1, 0.15) is 25.3 Å². The second kappa shape index (κ2) is 7.13. The molecule has 0 atom stereocenters. The van der Waals surface area contributed by atoms with Gasteiger partial charge in [0.05, 0.1) is 12.0 Å². The van der Waals surface area contributed by atoms with Gasteiger partial charge in [-0.2, -0.15) is 0 Å². The van der Waals surface area contributed by atoms with E-state index in [0.717, 1.165) is 34.6 Å². The summed E-state index contributed by atoms with van der Waals surface area (Å²) in [5, 5.41) is -0.200. The molecule has 2 amide bonds. The lowest BCUT2D eigenvalue weighted by molar-refractivity contribution is -0.122. The van der Waals surface area contributed by atoms with Crippen molar-refractivity contribution in [2.75, 3.05) is 13.7 Å². The number of hydrogen-bond acceptors (Lipinski definition) is 4. The minimum Gasteiger partial charge on any atom is -0.496 e. The minimum atomic E-state index is -0.222. The average Bonchev–Trinajstić information content (AvgIpc) is 2.72. The lowest BCUT2D eigenvalue weighted by Gasteiger charge is -2.10. The summed E-state index contributed by atoms with van der Waals surface area (Å²) >= 11 is 4.37. The van der Waals surface area contributed by atoms with E-state index in [0.29, 0.717) is 17.2 Å². The molecule has 0 spiro atoms. The van der Waals surface area contributed by atoms with Crippen LogP contribution in [0.2, 0.25) is 0 Å². The van der Waals surface area contributed by atoms with Gasteiger partial charge in [0.2, 0.25) is 0 Å². The first-order chi connectivity index (χ1) is 10.1. The number of hydrogen-bond donors (Lipinski definition) is 0. The number of carbonyl (C=O) groups excluding carboxylic acids is 2. The largest absolute Gasteiger partial charge is 0.496 e. The van der Waals surface area contributed by atoms with Crippen LogP contribution in [0.3, 0.4) is 0 Å². The maximum Gasteiger partial charge on any atom is 0.293 e. The molecule has 1 heterocycles. The summed E-state index contributed by atoms with van der Waals surface area (Å²) in [6.45, 7) is 2.51.